The number of ether oxygens (including phenoxy) is 2. The summed E-state index contributed by atoms with van der Waals surface area (Å²) in [6.45, 7) is 5.59. The van der Waals surface area contributed by atoms with Crippen molar-refractivity contribution >= 4 is 11.9 Å². The molecule has 2 N–H and O–H groups in total. The topological polar surface area (TPSA) is 93.1 Å². The van der Waals surface area contributed by atoms with Crippen LogP contribution >= 0.6 is 0 Å². The highest BCUT2D eigenvalue weighted by Crippen LogP contribution is 2.28. The van der Waals surface area contributed by atoms with Crippen LogP contribution in [0.5, 0.6) is 0 Å². The summed E-state index contributed by atoms with van der Waals surface area (Å²) in [5.74, 6) is -1.30. The molecule has 2 aromatic rings. The van der Waals surface area contributed by atoms with Crippen molar-refractivity contribution in [2.75, 3.05) is 0 Å². The van der Waals surface area contributed by atoms with Gasteiger partial charge in [0, 0.05) is 6.42 Å². The molecular formula is C25H32O6. The zero-order valence-electron chi connectivity index (χ0n) is 18.4. The highest BCUT2D eigenvalue weighted by Gasteiger charge is 2.35. The van der Waals surface area contributed by atoms with Crippen LogP contribution in [0.15, 0.2) is 54.6 Å². The second-order valence-electron chi connectivity index (χ2n) is 7.92. The molecular weight excluding hydrogens is 396 g/mol. The maximum Gasteiger partial charge on any atom is 0.341 e. The fourth-order valence-electron chi connectivity index (χ4n) is 3.47. The Morgan fingerprint density at radius 3 is 2.13 bits per heavy atom. The van der Waals surface area contributed by atoms with Crippen molar-refractivity contribution in [2.45, 2.75) is 70.9 Å². The molecule has 0 saturated heterocycles. The molecule has 0 aliphatic carbocycles. The smallest absolute Gasteiger partial charge is 0.341 e. The third-order valence-corrected chi connectivity index (χ3v) is 5.09. The number of carbonyl (C=O) groups is 2. The molecule has 2 aromatic carbocycles. The van der Waals surface area contributed by atoms with Crippen molar-refractivity contribution in [3.05, 3.63) is 71.3 Å². The Bertz CT molecular complexity index is 850. The molecule has 168 valence electrons. The quantitative estimate of drug-likeness (QED) is 0.407. The Morgan fingerprint density at radius 1 is 0.935 bits per heavy atom. The molecule has 0 heterocycles. The fourth-order valence-corrected chi connectivity index (χ4v) is 3.47. The molecule has 6 nitrogen and oxygen atoms in total. The van der Waals surface area contributed by atoms with Gasteiger partial charge in [-0.25, -0.2) is 9.59 Å². The summed E-state index contributed by atoms with van der Waals surface area (Å²) in [6.07, 6.45) is -0.560. The van der Waals surface area contributed by atoms with E-state index in [1.807, 2.05) is 26.8 Å². The van der Waals surface area contributed by atoms with Crippen LogP contribution in [0.4, 0.5) is 0 Å². The van der Waals surface area contributed by atoms with Gasteiger partial charge in [0.2, 0.25) is 0 Å². The van der Waals surface area contributed by atoms with Crippen LogP contribution < -0.4 is 0 Å². The monoisotopic (exact) mass is 428 g/mol. The lowest BCUT2D eigenvalue weighted by Gasteiger charge is -2.32. The van der Waals surface area contributed by atoms with Gasteiger partial charge < -0.3 is 19.7 Å². The molecule has 0 radical (unpaired) electrons. The molecule has 0 amide bonds. The summed E-state index contributed by atoms with van der Waals surface area (Å²) in [5.41, 5.74) is 0.180. The highest BCUT2D eigenvalue weighted by molar-refractivity contribution is 5.91. The van der Waals surface area contributed by atoms with Crippen molar-refractivity contribution in [3.8, 4) is 0 Å². The number of benzene rings is 2. The second kappa shape index (κ2) is 11.6. The van der Waals surface area contributed by atoms with Gasteiger partial charge in [-0.1, -0.05) is 56.2 Å². The summed E-state index contributed by atoms with van der Waals surface area (Å²) >= 11 is 0. The van der Waals surface area contributed by atoms with Gasteiger partial charge in [-0.2, -0.15) is 0 Å². The molecule has 0 aliphatic rings. The van der Waals surface area contributed by atoms with Gasteiger partial charge in [-0.05, 0) is 44.0 Å². The van der Waals surface area contributed by atoms with Crippen LogP contribution in [0.25, 0.3) is 0 Å². The lowest BCUT2D eigenvalue weighted by Crippen LogP contribution is -2.40. The van der Waals surface area contributed by atoms with Gasteiger partial charge >= 0.3 is 11.9 Å². The number of aliphatic hydroxyl groups excluding tert-OH is 1. The van der Waals surface area contributed by atoms with E-state index in [2.05, 4.69) is 0 Å². The first kappa shape index (κ1) is 24.6. The first-order valence-electron chi connectivity index (χ1n) is 10.7. The molecule has 3 atom stereocenters. The average Bonchev–Trinajstić information content (AvgIpc) is 2.74. The molecule has 0 spiro atoms. The Labute approximate surface area is 183 Å². The minimum atomic E-state index is -1.35. The number of carbonyl (C=O) groups excluding carboxylic acids is 2. The fraction of sp³-hybridized carbons (Fsp3) is 0.440. The Balaban J connectivity index is 2.24. The van der Waals surface area contributed by atoms with Crippen LogP contribution in [0.2, 0.25) is 0 Å². The van der Waals surface area contributed by atoms with Crippen molar-refractivity contribution in [3.63, 3.8) is 0 Å². The van der Waals surface area contributed by atoms with Crippen LogP contribution in [0.3, 0.4) is 0 Å². The van der Waals surface area contributed by atoms with Crippen LogP contribution in [0.1, 0.15) is 72.2 Å². The third kappa shape index (κ3) is 7.81. The molecule has 0 fully saturated rings. The zero-order chi connectivity index (χ0) is 22.9. The molecule has 0 saturated carbocycles. The molecule has 0 aromatic heterocycles. The lowest BCUT2D eigenvalue weighted by atomic mass is 9.87. The number of aliphatic hydroxyl groups is 2. The number of esters is 2. The number of rotatable bonds is 11. The van der Waals surface area contributed by atoms with Gasteiger partial charge in [0.15, 0.2) is 0 Å². The van der Waals surface area contributed by atoms with Crippen molar-refractivity contribution < 1.29 is 29.3 Å². The van der Waals surface area contributed by atoms with Gasteiger partial charge in [0.1, 0.15) is 0 Å². The van der Waals surface area contributed by atoms with E-state index < -0.39 is 29.9 Å². The summed E-state index contributed by atoms with van der Waals surface area (Å²) in [6, 6.07) is 15.3. The van der Waals surface area contributed by atoms with Crippen molar-refractivity contribution in [2.24, 2.45) is 0 Å². The van der Waals surface area contributed by atoms with Gasteiger partial charge in [0.25, 0.3) is 6.29 Å². The predicted molar refractivity (Wildman–Crippen MR) is 118 cm³/mol. The van der Waals surface area contributed by atoms with E-state index in [-0.39, 0.29) is 12.8 Å². The van der Waals surface area contributed by atoms with E-state index in [9.17, 15) is 19.8 Å². The lowest BCUT2D eigenvalue weighted by molar-refractivity contribution is -0.129. The SMILES string of the molecule is CCCC(O)(CC(O)CC)CC(OC(=O)c1ccccc1)OC(=O)c1cccc(C)c1. The molecule has 3 unspecified atom stereocenters. The summed E-state index contributed by atoms with van der Waals surface area (Å²) < 4.78 is 11.0. The first-order valence-corrected chi connectivity index (χ1v) is 10.7. The van der Waals surface area contributed by atoms with E-state index in [0.717, 1.165) is 5.56 Å². The Hall–Kier alpha value is -2.70. The van der Waals surface area contributed by atoms with E-state index in [1.54, 1.807) is 48.5 Å². The van der Waals surface area contributed by atoms with Crippen molar-refractivity contribution in [1.82, 2.24) is 0 Å². The van der Waals surface area contributed by atoms with E-state index >= 15 is 0 Å². The highest BCUT2D eigenvalue weighted by atomic mass is 16.7. The minimum Gasteiger partial charge on any atom is -0.421 e. The average molecular weight is 429 g/mol. The number of hydrogen-bond acceptors (Lipinski definition) is 6. The van der Waals surface area contributed by atoms with E-state index in [0.29, 0.717) is 30.4 Å². The van der Waals surface area contributed by atoms with Gasteiger partial charge in [0.05, 0.1) is 29.3 Å². The third-order valence-electron chi connectivity index (χ3n) is 5.09. The summed E-state index contributed by atoms with van der Waals surface area (Å²) in [4.78, 5) is 25.3. The van der Waals surface area contributed by atoms with Crippen molar-refractivity contribution in [1.29, 1.82) is 0 Å². The summed E-state index contributed by atoms with van der Waals surface area (Å²) in [5, 5.41) is 21.3. The van der Waals surface area contributed by atoms with Crippen LogP contribution in [0, 0.1) is 6.92 Å². The maximum atomic E-state index is 12.7. The normalized spacial score (nSPS) is 14.9. The van der Waals surface area contributed by atoms with Gasteiger partial charge in [-0.15, -0.1) is 0 Å². The van der Waals surface area contributed by atoms with Crippen LogP contribution in [-0.4, -0.2) is 40.1 Å². The molecule has 2 rings (SSSR count). The first-order chi connectivity index (χ1) is 14.8. The van der Waals surface area contributed by atoms with Gasteiger partial charge in [-0.3, -0.25) is 0 Å². The molecule has 31 heavy (non-hydrogen) atoms. The largest absolute Gasteiger partial charge is 0.421 e. The number of hydrogen-bond donors (Lipinski definition) is 2. The summed E-state index contributed by atoms with van der Waals surface area (Å²) in [7, 11) is 0. The predicted octanol–water partition coefficient (Wildman–Crippen LogP) is 4.42. The van der Waals surface area contributed by atoms with Crippen LogP contribution in [-0.2, 0) is 9.47 Å². The molecule has 0 aliphatic heterocycles. The maximum absolute atomic E-state index is 12.7. The number of aryl methyl sites for hydroxylation is 1. The minimum absolute atomic E-state index is 0.0960. The molecule has 0 bridgehead atoms. The van der Waals surface area contributed by atoms with E-state index in [4.69, 9.17) is 9.47 Å². The second-order valence-corrected chi connectivity index (χ2v) is 7.92. The Morgan fingerprint density at radius 2 is 1.55 bits per heavy atom. The standard InChI is InChI=1S/C25H32O6/c1-4-14-25(29,16-21(26)5-2)17-22(30-23(27)19-11-7-6-8-12-19)31-24(28)20-13-9-10-18(3)15-20/h6-13,15,21-22,26,29H,4-5,14,16-17H2,1-3H3. The zero-order valence-corrected chi connectivity index (χ0v) is 18.4. The Kier molecular flexibility index (Phi) is 9.21. The molecule has 6 heteroatoms. The van der Waals surface area contributed by atoms with E-state index in [1.165, 1.54) is 0 Å².